The first-order valence-electron chi connectivity index (χ1n) is 11.4. The van der Waals surface area contributed by atoms with Crippen LogP contribution in [0.4, 0.5) is 20.7 Å². The summed E-state index contributed by atoms with van der Waals surface area (Å²) in [4.78, 5) is 20.5. The molecule has 186 valence electrons. The summed E-state index contributed by atoms with van der Waals surface area (Å²) in [6.07, 6.45) is 1.70. The van der Waals surface area contributed by atoms with Crippen molar-refractivity contribution in [3.8, 4) is 0 Å². The van der Waals surface area contributed by atoms with Gasteiger partial charge in [-0.3, -0.25) is 4.31 Å². The van der Waals surface area contributed by atoms with Gasteiger partial charge in [-0.1, -0.05) is 19.1 Å². The van der Waals surface area contributed by atoms with Crippen molar-refractivity contribution in [1.29, 1.82) is 0 Å². The zero-order valence-corrected chi connectivity index (χ0v) is 21.0. The quantitative estimate of drug-likeness (QED) is 0.581. The van der Waals surface area contributed by atoms with Gasteiger partial charge in [0.15, 0.2) is 0 Å². The summed E-state index contributed by atoms with van der Waals surface area (Å²) in [7, 11) is -3.58. The van der Waals surface area contributed by atoms with Crippen LogP contribution in [-0.4, -0.2) is 61.9 Å². The Kier molecular flexibility index (Phi) is 8.01. The van der Waals surface area contributed by atoms with Crippen molar-refractivity contribution >= 4 is 27.6 Å². The summed E-state index contributed by atoms with van der Waals surface area (Å²) in [5.74, 6) is 0.342. The van der Waals surface area contributed by atoms with Crippen LogP contribution >= 0.6 is 0 Å². The molecule has 1 aliphatic heterocycles. The normalized spacial score (nSPS) is 14.7. The fourth-order valence-corrected chi connectivity index (χ4v) is 5.14. The molecule has 1 fully saturated rings. The second-order valence-corrected chi connectivity index (χ2v) is 11.3. The number of amides is 1. The number of rotatable bonds is 7. The van der Waals surface area contributed by atoms with Crippen LogP contribution in [-0.2, 0) is 21.3 Å². The van der Waals surface area contributed by atoms with Gasteiger partial charge in [0, 0.05) is 26.2 Å². The lowest BCUT2D eigenvalue weighted by atomic mass is 10.2. The standard InChI is InChI=1S/C24H33FN4O4S/c1-5-16-34(31,32)29(18-19-6-8-20(25)9-7-19)21-10-11-22(26-17-21)27-12-14-28(15-13-27)23(30)33-24(2,3)4/h6-11,17H,5,12-16,18H2,1-4H3. The first-order chi connectivity index (χ1) is 16.0. The molecule has 2 aromatic rings. The van der Waals surface area contributed by atoms with Crippen molar-refractivity contribution in [3.05, 3.63) is 54.0 Å². The first-order valence-corrected chi connectivity index (χ1v) is 13.0. The van der Waals surface area contributed by atoms with Gasteiger partial charge in [0.1, 0.15) is 17.2 Å². The van der Waals surface area contributed by atoms with Crippen molar-refractivity contribution in [3.63, 3.8) is 0 Å². The fraction of sp³-hybridized carbons (Fsp3) is 0.500. The van der Waals surface area contributed by atoms with Crippen molar-refractivity contribution < 1.29 is 22.3 Å². The second-order valence-electron chi connectivity index (χ2n) is 9.28. The van der Waals surface area contributed by atoms with Crippen LogP contribution < -0.4 is 9.21 Å². The number of benzene rings is 1. The highest BCUT2D eigenvalue weighted by molar-refractivity contribution is 7.92. The Hall–Kier alpha value is -2.88. The van der Waals surface area contributed by atoms with E-state index in [-0.39, 0.29) is 24.2 Å². The van der Waals surface area contributed by atoms with Crippen LogP contribution in [0.1, 0.15) is 39.7 Å². The molecule has 2 heterocycles. The number of nitrogens with zero attached hydrogens (tertiary/aromatic N) is 4. The fourth-order valence-electron chi connectivity index (χ4n) is 3.63. The maximum Gasteiger partial charge on any atom is 0.410 e. The molecule has 0 saturated carbocycles. The van der Waals surface area contributed by atoms with Crippen molar-refractivity contribution in [1.82, 2.24) is 9.88 Å². The number of aromatic nitrogens is 1. The molecule has 1 saturated heterocycles. The van der Waals surface area contributed by atoms with Crippen LogP contribution in [0, 0.1) is 5.82 Å². The Morgan fingerprint density at radius 1 is 1.09 bits per heavy atom. The van der Waals surface area contributed by atoms with E-state index in [0.717, 1.165) is 0 Å². The van der Waals surface area contributed by atoms with Crippen LogP contribution in [0.5, 0.6) is 0 Å². The monoisotopic (exact) mass is 492 g/mol. The van der Waals surface area contributed by atoms with Gasteiger partial charge in [-0.05, 0) is 57.0 Å². The maximum atomic E-state index is 13.3. The Morgan fingerprint density at radius 2 is 1.74 bits per heavy atom. The highest BCUT2D eigenvalue weighted by atomic mass is 32.2. The number of carbonyl (C=O) groups is 1. The summed E-state index contributed by atoms with van der Waals surface area (Å²) < 4.78 is 46.0. The van der Waals surface area contributed by atoms with E-state index in [4.69, 9.17) is 4.74 Å². The van der Waals surface area contributed by atoms with Gasteiger partial charge < -0.3 is 14.5 Å². The Morgan fingerprint density at radius 3 is 2.26 bits per heavy atom. The molecule has 0 N–H and O–H groups in total. The average molecular weight is 493 g/mol. The number of hydrogen-bond acceptors (Lipinski definition) is 6. The number of ether oxygens (including phenoxy) is 1. The zero-order valence-electron chi connectivity index (χ0n) is 20.2. The minimum Gasteiger partial charge on any atom is -0.444 e. The third kappa shape index (κ3) is 6.82. The number of carbonyl (C=O) groups excluding carboxylic acids is 1. The number of sulfonamides is 1. The molecule has 0 aliphatic carbocycles. The van der Waals surface area contributed by atoms with Crippen molar-refractivity contribution in [2.24, 2.45) is 0 Å². The summed E-state index contributed by atoms with van der Waals surface area (Å²) in [5, 5.41) is 0. The molecule has 34 heavy (non-hydrogen) atoms. The molecule has 8 nitrogen and oxygen atoms in total. The minimum atomic E-state index is -3.58. The van der Waals surface area contributed by atoms with Gasteiger partial charge in [0.2, 0.25) is 10.0 Å². The van der Waals surface area contributed by atoms with E-state index in [1.54, 1.807) is 35.4 Å². The molecule has 3 rings (SSSR count). The van der Waals surface area contributed by atoms with Gasteiger partial charge in [0.25, 0.3) is 0 Å². The van der Waals surface area contributed by atoms with Gasteiger partial charge in [-0.25, -0.2) is 22.6 Å². The SMILES string of the molecule is CCCS(=O)(=O)N(Cc1ccc(F)cc1)c1ccc(N2CCN(C(=O)OC(C)(C)C)CC2)nc1. The van der Waals surface area contributed by atoms with Gasteiger partial charge in [-0.2, -0.15) is 0 Å². The molecule has 0 spiro atoms. The smallest absolute Gasteiger partial charge is 0.410 e. The molecule has 0 radical (unpaired) electrons. The van der Waals surface area contributed by atoms with E-state index in [1.165, 1.54) is 16.4 Å². The average Bonchev–Trinajstić information content (AvgIpc) is 2.78. The topological polar surface area (TPSA) is 83.1 Å². The molecule has 1 aromatic heterocycles. The number of halogens is 1. The van der Waals surface area contributed by atoms with E-state index >= 15 is 0 Å². The predicted molar refractivity (Wildman–Crippen MR) is 131 cm³/mol. The van der Waals surface area contributed by atoms with Gasteiger partial charge >= 0.3 is 6.09 Å². The van der Waals surface area contributed by atoms with Crippen LogP contribution in [0.3, 0.4) is 0 Å². The Bertz CT molecular complexity index is 1060. The predicted octanol–water partition coefficient (Wildman–Crippen LogP) is 4.02. The van der Waals surface area contributed by atoms with Crippen LogP contribution in [0.2, 0.25) is 0 Å². The molecule has 0 atom stereocenters. The minimum absolute atomic E-state index is 0.00255. The highest BCUT2D eigenvalue weighted by Gasteiger charge is 2.27. The highest BCUT2D eigenvalue weighted by Crippen LogP contribution is 2.24. The zero-order chi connectivity index (χ0) is 24.9. The molecule has 1 amide bonds. The number of hydrogen-bond donors (Lipinski definition) is 0. The largest absolute Gasteiger partial charge is 0.444 e. The molecular formula is C24H33FN4O4S. The number of piperazine rings is 1. The summed E-state index contributed by atoms with van der Waals surface area (Å²) >= 11 is 0. The third-order valence-electron chi connectivity index (χ3n) is 5.31. The maximum absolute atomic E-state index is 13.3. The lowest BCUT2D eigenvalue weighted by Gasteiger charge is -2.36. The molecular weight excluding hydrogens is 459 g/mol. The van der Waals surface area contributed by atoms with E-state index in [1.807, 2.05) is 27.7 Å². The summed E-state index contributed by atoms with van der Waals surface area (Å²) in [6.45, 7) is 9.65. The lowest BCUT2D eigenvalue weighted by Crippen LogP contribution is -2.50. The van der Waals surface area contributed by atoms with Crippen molar-refractivity contribution in [2.45, 2.75) is 46.3 Å². The molecule has 1 aromatic carbocycles. The van der Waals surface area contributed by atoms with E-state index < -0.39 is 15.6 Å². The summed E-state index contributed by atoms with van der Waals surface area (Å²) in [5.41, 5.74) is 0.598. The molecule has 10 heteroatoms. The van der Waals surface area contributed by atoms with Gasteiger partial charge in [0.05, 0.1) is 24.2 Å². The van der Waals surface area contributed by atoms with E-state index in [2.05, 4.69) is 9.88 Å². The molecule has 1 aliphatic rings. The van der Waals surface area contributed by atoms with Crippen molar-refractivity contribution in [2.75, 3.05) is 41.1 Å². The van der Waals surface area contributed by atoms with E-state index in [0.29, 0.717) is 49.7 Å². The Balaban J connectivity index is 1.71. The number of pyridine rings is 1. The first kappa shape index (κ1) is 25.7. The van der Waals surface area contributed by atoms with Crippen LogP contribution in [0.25, 0.3) is 0 Å². The van der Waals surface area contributed by atoms with Gasteiger partial charge in [-0.15, -0.1) is 0 Å². The second kappa shape index (κ2) is 10.6. The Labute approximate surface area is 201 Å². The molecule has 0 bridgehead atoms. The van der Waals surface area contributed by atoms with E-state index in [9.17, 15) is 17.6 Å². The summed E-state index contributed by atoms with van der Waals surface area (Å²) in [6, 6.07) is 9.32. The third-order valence-corrected chi connectivity index (χ3v) is 7.25. The number of anilines is 2. The molecule has 0 unspecified atom stereocenters. The van der Waals surface area contributed by atoms with Crippen LogP contribution in [0.15, 0.2) is 42.6 Å². The lowest BCUT2D eigenvalue weighted by molar-refractivity contribution is 0.0240.